The molecule has 1 aromatic heterocycles. The molecule has 0 aliphatic heterocycles. The zero-order valence-corrected chi connectivity index (χ0v) is 9.32. The maximum Gasteiger partial charge on any atom is 0.289 e. The van der Waals surface area contributed by atoms with E-state index < -0.39 is 5.60 Å². The second-order valence-electron chi connectivity index (χ2n) is 4.38. The predicted octanol–water partition coefficient (Wildman–Crippen LogP) is 1.02. The summed E-state index contributed by atoms with van der Waals surface area (Å²) in [6, 6.07) is 0. The molecular weight excluding hydrogens is 208 g/mol. The molecule has 1 heterocycles. The van der Waals surface area contributed by atoms with Crippen molar-refractivity contribution in [2.45, 2.75) is 38.2 Å². The summed E-state index contributed by atoms with van der Waals surface area (Å²) >= 11 is 0. The van der Waals surface area contributed by atoms with Gasteiger partial charge in [0.2, 0.25) is 5.76 Å². The monoisotopic (exact) mass is 224 g/mol. The highest BCUT2D eigenvalue weighted by Crippen LogP contribution is 2.28. The van der Waals surface area contributed by atoms with Gasteiger partial charge in [0.25, 0.3) is 5.91 Å². The summed E-state index contributed by atoms with van der Waals surface area (Å²) in [4.78, 5) is 15.5. The fourth-order valence-corrected chi connectivity index (χ4v) is 2.05. The molecule has 0 atom stereocenters. The van der Waals surface area contributed by atoms with Crippen LogP contribution in [0.15, 0.2) is 10.8 Å². The standard InChI is InChI=1S/C11H16N2O3/c1-8-9(16-7-13-8)10(14)12-6-11(15)4-2-3-5-11/h7,15H,2-6H2,1H3,(H,12,14). The van der Waals surface area contributed by atoms with Crippen LogP contribution in [0.5, 0.6) is 0 Å². The number of aliphatic hydroxyl groups is 1. The Morgan fingerprint density at radius 3 is 2.88 bits per heavy atom. The number of carbonyl (C=O) groups is 1. The van der Waals surface area contributed by atoms with Crippen molar-refractivity contribution < 1.29 is 14.3 Å². The van der Waals surface area contributed by atoms with Gasteiger partial charge >= 0.3 is 0 Å². The summed E-state index contributed by atoms with van der Waals surface area (Å²) in [5.41, 5.74) is -0.167. The Hall–Kier alpha value is -1.36. The minimum Gasteiger partial charge on any atom is -0.438 e. The van der Waals surface area contributed by atoms with Gasteiger partial charge in [0.15, 0.2) is 6.39 Å². The van der Waals surface area contributed by atoms with Crippen LogP contribution in [-0.4, -0.2) is 28.1 Å². The Balaban J connectivity index is 1.91. The number of nitrogens with one attached hydrogen (secondary N) is 1. The number of nitrogens with zero attached hydrogens (tertiary/aromatic N) is 1. The number of carbonyl (C=O) groups excluding carboxylic acids is 1. The van der Waals surface area contributed by atoms with E-state index in [1.165, 1.54) is 6.39 Å². The zero-order valence-electron chi connectivity index (χ0n) is 9.32. The summed E-state index contributed by atoms with van der Waals surface area (Å²) in [6.07, 6.45) is 4.79. The molecule has 0 aromatic carbocycles. The summed E-state index contributed by atoms with van der Waals surface area (Å²) < 4.78 is 4.97. The van der Waals surface area contributed by atoms with E-state index in [1.54, 1.807) is 6.92 Å². The lowest BCUT2D eigenvalue weighted by Gasteiger charge is -2.21. The summed E-state index contributed by atoms with van der Waals surface area (Å²) in [6.45, 7) is 1.99. The summed E-state index contributed by atoms with van der Waals surface area (Å²) in [5, 5.41) is 12.7. The number of hydrogen-bond acceptors (Lipinski definition) is 4. The fourth-order valence-electron chi connectivity index (χ4n) is 2.05. The average Bonchev–Trinajstić information content (AvgIpc) is 2.85. The van der Waals surface area contributed by atoms with E-state index >= 15 is 0 Å². The van der Waals surface area contributed by atoms with Gasteiger partial charge in [-0.15, -0.1) is 0 Å². The first-order chi connectivity index (χ1) is 7.61. The smallest absolute Gasteiger partial charge is 0.289 e. The number of aromatic nitrogens is 1. The normalized spacial score (nSPS) is 18.6. The molecule has 0 spiro atoms. The molecule has 0 unspecified atom stereocenters. The van der Waals surface area contributed by atoms with Gasteiger partial charge in [-0.25, -0.2) is 4.98 Å². The van der Waals surface area contributed by atoms with Gasteiger partial charge in [0, 0.05) is 6.54 Å². The fraction of sp³-hybridized carbons (Fsp3) is 0.636. The second-order valence-corrected chi connectivity index (χ2v) is 4.38. The molecule has 16 heavy (non-hydrogen) atoms. The van der Waals surface area contributed by atoms with E-state index in [9.17, 15) is 9.90 Å². The third-order valence-electron chi connectivity index (χ3n) is 3.06. The van der Waals surface area contributed by atoms with E-state index in [-0.39, 0.29) is 18.2 Å². The predicted molar refractivity (Wildman–Crippen MR) is 57.0 cm³/mol. The molecule has 2 N–H and O–H groups in total. The van der Waals surface area contributed by atoms with Crippen molar-refractivity contribution in [2.24, 2.45) is 0 Å². The van der Waals surface area contributed by atoms with Crippen LogP contribution in [0.25, 0.3) is 0 Å². The van der Waals surface area contributed by atoms with Crippen molar-refractivity contribution in [2.75, 3.05) is 6.54 Å². The molecule has 88 valence electrons. The highest BCUT2D eigenvalue weighted by Gasteiger charge is 2.31. The molecule has 1 aromatic rings. The van der Waals surface area contributed by atoms with Gasteiger partial charge in [-0.2, -0.15) is 0 Å². The van der Waals surface area contributed by atoms with Gasteiger partial charge in [-0.3, -0.25) is 4.79 Å². The maximum absolute atomic E-state index is 11.7. The number of rotatable bonds is 3. The first-order valence-corrected chi connectivity index (χ1v) is 5.51. The van der Waals surface area contributed by atoms with Gasteiger partial charge in [-0.05, 0) is 19.8 Å². The highest BCUT2D eigenvalue weighted by molar-refractivity contribution is 5.92. The first-order valence-electron chi connectivity index (χ1n) is 5.51. The van der Waals surface area contributed by atoms with E-state index in [0.717, 1.165) is 25.7 Å². The first kappa shape index (κ1) is 11.1. The molecule has 0 radical (unpaired) electrons. The molecule has 1 aliphatic carbocycles. The Kier molecular flexibility index (Phi) is 2.96. The SMILES string of the molecule is Cc1ncoc1C(=O)NCC1(O)CCCC1. The van der Waals surface area contributed by atoms with Crippen LogP contribution < -0.4 is 5.32 Å². The van der Waals surface area contributed by atoms with Gasteiger partial charge in [0.1, 0.15) is 0 Å². The van der Waals surface area contributed by atoms with Crippen molar-refractivity contribution in [1.82, 2.24) is 10.3 Å². The lowest BCUT2D eigenvalue weighted by Crippen LogP contribution is -2.40. The van der Waals surface area contributed by atoms with E-state index in [2.05, 4.69) is 10.3 Å². The Morgan fingerprint density at radius 2 is 2.31 bits per heavy atom. The van der Waals surface area contributed by atoms with Gasteiger partial charge in [-0.1, -0.05) is 12.8 Å². The highest BCUT2D eigenvalue weighted by atomic mass is 16.3. The molecule has 1 amide bonds. The third-order valence-corrected chi connectivity index (χ3v) is 3.06. The van der Waals surface area contributed by atoms with Crippen LogP contribution in [0.4, 0.5) is 0 Å². The quantitative estimate of drug-likeness (QED) is 0.803. The van der Waals surface area contributed by atoms with Crippen molar-refractivity contribution in [3.63, 3.8) is 0 Å². The number of oxazole rings is 1. The summed E-state index contributed by atoms with van der Waals surface area (Å²) in [7, 11) is 0. The van der Waals surface area contributed by atoms with Crippen LogP contribution in [0.1, 0.15) is 41.9 Å². The largest absolute Gasteiger partial charge is 0.438 e. The molecule has 1 saturated carbocycles. The van der Waals surface area contributed by atoms with E-state index in [4.69, 9.17) is 4.42 Å². The van der Waals surface area contributed by atoms with Crippen molar-refractivity contribution >= 4 is 5.91 Å². The van der Waals surface area contributed by atoms with Crippen LogP contribution in [-0.2, 0) is 0 Å². The maximum atomic E-state index is 11.7. The van der Waals surface area contributed by atoms with Gasteiger partial charge in [0.05, 0.1) is 11.3 Å². The molecule has 0 bridgehead atoms. The van der Waals surface area contributed by atoms with Crippen molar-refractivity contribution in [3.8, 4) is 0 Å². The topological polar surface area (TPSA) is 75.4 Å². The molecule has 5 nitrogen and oxygen atoms in total. The lowest BCUT2D eigenvalue weighted by atomic mass is 10.0. The van der Waals surface area contributed by atoms with Crippen molar-refractivity contribution in [1.29, 1.82) is 0 Å². The van der Waals surface area contributed by atoms with Crippen LogP contribution in [0, 0.1) is 6.92 Å². The van der Waals surface area contributed by atoms with Crippen LogP contribution in [0.2, 0.25) is 0 Å². The molecule has 5 heteroatoms. The summed E-state index contributed by atoms with van der Waals surface area (Å²) in [5.74, 6) is -0.0862. The van der Waals surface area contributed by atoms with E-state index in [0.29, 0.717) is 5.69 Å². The second kappa shape index (κ2) is 4.25. The Morgan fingerprint density at radius 1 is 1.62 bits per heavy atom. The lowest BCUT2D eigenvalue weighted by molar-refractivity contribution is 0.0443. The van der Waals surface area contributed by atoms with Crippen LogP contribution >= 0.6 is 0 Å². The van der Waals surface area contributed by atoms with Gasteiger partial charge < -0.3 is 14.8 Å². The van der Waals surface area contributed by atoms with E-state index in [1.807, 2.05) is 0 Å². The third kappa shape index (κ3) is 2.24. The molecule has 1 fully saturated rings. The zero-order chi connectivity index (χ0) is 11.6. The molecule has 2 rings (SSSR count). The number of hydrogen-bond donors (Lipinski definition) is 2. The minimum absolute atomic E-state index is 0.224. The Labute approximate surface area is 93.9 Å². The number of aryl methyl sites for hydroxylation is 1. The number of amides is 1. The minimum atomic E-state index is -0.733. The van der Waals surface area contributed by atoms with Crippen LogP contribution in [0.3, 0.4) is 0 Å². The molecule has 0 saturated heterocycles. The van der Waals surface area contributed by atoms with Crippen molar-refractivity contribution in [3.05, 3.63) is 17.8 Å². The molecule has 1 aliphatic rings. The Bertz CT molecular complexity index is 380. The average molecular weight is 224 g/mol. The molecular formula is C11H16N2O3.